The SMILES string of the molecule is NNC(=O)C1CCC(Cn2c3c(ccc2=O)CCC3)O1. The molecule has 6 heteroatoms. The zero-order valence-electron chi connectivity index (χ0n) is 11.3. The van der Waals surface area contributed by atoms with Gasteiger partial charge in [0.2, 0.25) is 0 Å². The topological polar surface area (TPSA) is 86.4 Å². The molecular formula is C14H19N3O3. The number of carbonyl (C=O) groups excluding carboxylic acids is 1. The smallest absolute Gasteiger partial charge is 0.263 e. The third-order valence-corrected chi connectivity index (χ3v) is 4.18. The van der Waals surface area contributed by atoms with Crippen molar-refractivity contribution < 1.29 is 9.53 Å². The number of hydrogen-bond acceptors (Lipinski definition) is 4. The van der Waals surface area contributed by atoms with Crippen LogP contribution in [0.5, 0.6) is 0 Å². The minimum atomic E-state index is -0.488. The fourth-order valence-electron chi connectivity index (χ4n) is 3.16. The van der Waals surface area contributed by atoms with Gasteiger partial charge in [-0.1, -0.05) is 6.07 Å². The molecule has 0 spiro atoms. The molecular weight excluding hydrogens is 258 g/mol. The molecule has 6 nitrogen and oxygen atoms in total. The molecule has 1 aromatic rings. The molecule has 20 heavy (non-hydrogen) atoms. The van der Waals surface area contributed by atoms with Gasteiger partial charge in [-0.2, -0.15) is 0 Å². The van der Waals surface area contributed by atoms with Crippen molar-refractivity contribution >= 4 is 5.91 Å². The number of hydrazine groups is 1. The number of aromatic nitrogens is 1. The quantitative estimate of drug-likeness (QED) is 0.458. The second kappa shape index (κ2) is 5.38. The van der Waals surface area contributed by atoms with Gasteiger partial charge >= 0.3 is 0 Å². The number of fused-ring (bicyclic) bond motifs is 1. The average molecular weight is 277 g/mol. The third-order valence-electron chi connectivity index (χ3n) is 4.18. The van der Waals surface area contributed by atoms with Crippen LogP contribution in [0.25, 0.3) is 0 Å². The number of hydrogen-bond donors (Lipinski definition) is 2. The Balaban J connectivity index is 1.75. The standard InChI is InChI=1S/C14H19N3O3/c15-16-14(19)12-6-5-10(20-12)8-17-11-3-1-2-9(11)4-7-13(17)18/h4,7,10,12H,1-3,5-6,8,15H2,(H,16,19). The van der Waals surface area contributed by atoms with E-state index in [1.54, 1.807) is 6.07 Å². The number of nitrogens with zero attached hydrogens (tertiary/aromatic N) is 1. The van der Waals surface area contributed by atoms with Crippen LogP contribution in [0.15, 0.2) is 16.9 Å². The summed E-state index contributed by atoms with van der Waals surface area (Å²) >= 11 is 0. The molecule has 1 saturated heterocycles. The first-order valence-electron chi connectivity index (χ1n) is 7.06. The molecule has 1 fully saturated rings. The number of pyridine rings is 1. The van der Waals surface area contributed by atoms with Crippen LogP contribution in [-0.4, -0.2) is 22.7 Å². The fraction of sp³-hybridized carbons (Fsp3) is 0.571. The molecule has 0 aromatic carbocycles. The number of aryl methyl sites for hydroxylation is 1. The van der Waals surface area contributed by atoms with Crippen molar-refractivity contribution in [2.45, 2.75) is 50.9 Å². The lowest BCUT2D eigenvalue weighted by molar-refractivity contribution is -0.132. The highest BCUT2D eigenvalue weighted by molar-refractivity contribution is 5.80. The highest BCUT2D eigenvalue weighted by Gasteiger charge is 2.31. The van der Waals surface area contributed by atoms with Crippen LogP contribution in [0.1, 0.15) is 30.5 Å². The van der Waals surface area contributed by atoms with Gasteiger partial charge in [0.25, 0.3) is 11.5 Å². The van der Waals surface area contributed by atoms with E-state index in [1.165, 1.54) is 5.56 Å². The summed E-state index contributed by atoms with van der Waals surface area (Å²) < 4.78 is 7.50. The molecule has 1 aliphatic heterocycles. The van der Waals surface area contributed by atoms with Gasteiger partial charge in [0, 0.05) is 11.8 Å². The van der Waals surface area contributed by atoms with Crippen molar-refractivity contribution in [2.75, 3.05) is 0 Å². The summed E-state index contributed by atoms with van der Waals surface area (Å²) in [6, 6.07) is 3.56. The minimum absolute atomic E-state index is 0.0148. The Morgan fingerprint density at radius 1 is 1.40 bits per heavy atom. The van der Waals surface area contributed by atoms with E-state index in [0.717, 1.165) is 31.4 Å². The van der Waals surface area contributed by atoms with Crippen LogP contribution in [-0.2, 0) is 28.9 Å². The van der Waals surface area contributed by atoms with E-state index in [4.69, 9.17) is 10.6 Å². The third kappa shape index (κ3) is 2.36. The van der Waals surface area contributed by atoms with Crippen LogP contribution in [0, 0.1) is 0 Å². The summed E-state index contributed by atoms with van der Waals surface area (Å²) in [7, 11) is 0. The fourth-order valence-corrected chi connectivity index (χ4v) is 3.16. The van der Waals surface area contributed by atoms with Gasteiger partial charge in [-0.15, -0.1) is 0 Å². The van der Waals surface area contributed by atoms with Gasteiger partial charge in [0.05, 0.1) is 12.6 Å². The predicted molar refractivity (Wildman–Crippen MR) is 73.0 cm³/mol. The van der Waals surface area contributed by atoms with E-state index >= 15 is 0 Å². The Morgan fingerprint density at radius 2 is 2.25 bits per heavy atom. The zero-order chi connectivity index (χ0) is 14.1. The maximum absolute atomic E-state index is 12.0. The number of amides is 1. The Hall–Kier alpha value is -1.66. The molecule has 1 amide bonds. The molecule has 2 heterocycles. The van der Waals surface area contributed by atoms with Crippen LogP contribution in [0.2, 0.25) is 0 Å². The molecule has 3 N–H and O–H groups in total. The van der Waals surface area contributed by atoms with Crippen molar-refractivity contribution in [3.05, 3.63) is 33.7 Å². The maximum Gasteiger partial charge on any atom is 0.263 e. The summed E-state index contributed by atoms with van der Waals surface area (Å²) in [5.41, 5.74) is 4.52. The highest BCUT2D eigenvalue weighted by atomic mass is 16.5. The molecule has 2 atom stereocenters. The van der Waals surface area contributed by atoms with Crippen molar-refractivity contribution in [1.82, 2.24) is 9.99 Å². The molecule has 0 radical (unpaired) electrons. The lowest BCUT2D eigenvalue weighted by Crippen LogP contribution is -2.39. The molecule has 1 aromatic heterocycles. The van der Waals surface area contributed by atoms with Gasteiger partial charge in [-0.25, -0.2) is 5.84 Å². The van der Waals surface area contributed by atoms with E-state index in [0.29, 0.717) is 13.0 Å². The van der Waals surface area contributed by atoms with E-state index in [9.17, 15) is 9.59 Å². The summed E-state index contributed by atoms with van der Waals surface area (Å²) in [6.07, 6.45) is 3.93. The number of carbonyl (C=O) groups is 1. The Morgan fingerprint density at radius 3 is 3.05 bits per heavy atom. The van der Waals surface area contributed by atoms with Gasteiger partial charge in [-0.3, -0.25) is 15.0 Å². The normalized spacial score (nSPS) is 24.6. The number of rotatable bonds is 3. The average Bonchev–Trinajstić information content (AvgIpc) is 3.10. The van der Waals surface area contributed by atoms with Crippen molar-refractivity contribution in [3.8, 4) is 0 Å². The first kappa shape index (κ1) is 13.3. The Bertz CT molecular complexity index is 582. The summed E-state index contributed by atoms with van der Waals surface area (Å²) in [5.74, 6) is 4.82. The number of ether oxygens (including phenoxy) is 1. The van der Waals surface area contributed by atoms with E-state index in [-0.39, 0.29) is 17.6 Å². The van der Waals surface area contributed by atoms with Gasteiger partial charge in [0.1, 0.15) is 6.10 Å². The zero-order valence-corrected chi connectivity index (χ0v) is 11.3. The Kier molecular flexibility index (Phi) is 3.58. The van der Waals surface area contributed by atoms with Crippen molar-refractivity contribution in [3.63, 3.8) is 0 Å². The van der Waals surface area contributed by atoms with E-state index in [2.05, 4.69) is 5.43 Å². The van der Waals surface area contributed by atoms with E-state index < -0.39 is 6.10 Å². The molecule has 1 aliphatic carbocycles. The second-order valence-corrected chi connectivity index (χ2v) is 5.44. The highest BCUT2D eigenvalue weighted by Crippen LogP contribution is 2.24. The number of nitrogens with two attached hydrogens (primary N) is 1. The first-order valence-corrected chi connectivity index (χ1v) is 7.06. The maximum atomic E-state index is 12.0. The molecule has 2 unspecified atom stereocenters. The molecule has 0 bridgehead atoms. The summed E-state index contributed by atoms with van der Waals surface area (Å²) in [5, 5.41) is 0. The van der Waals surface area contributed by atoms with Crippen molar-refractivity contribution in [2.24, 2.45) is 5.84 Å². The van der Waals surface area contributed by atoms with Gasteiger partial charge in [-0.05, 0) is 37.7 Å². The Labute approximate surface area is 116 Å². The van der Waals surface area contributed by atoms with Gasteiger partial charge < -0.3 is 9.30 Å². The van der Waals surface area contributed by atoms with Crippen LogP contribution < -0.4 is 16.8 Å². The van der Waals surface area contributed by atoms with Crippen LogP contribution in [0.4, 0.5) is 0 Å². The second-order valence-electron chi connectivity index (χ2n) is 5.44. The lowest BCUT2D eigenvalue weighted by Gasteiger charge is -2.17. The van der Waals surface area contributed by atoms with Crippen molar-refractivity contribution in [1.29, 1.82) is 0 Å². The van der Waals surface area contributed by atoms with Gasteiger partial charge in [0.15, 0.2) is 0 Å². The monoisotopic (exact) mass is 277 g/mol. The largest absolute Gasteiger partial charge is 0.363 e. The molecule has 108 valence electrons. The summed E-state index contributed by atoms with van der Waals surface area (Å²) in [4.78, 5) is 23.5. The predicted octanol–water partition coefficient (Wildman–Crippen LogP) is -0.126. The van der Waals surface area contributed by atoms with E-state index in [1.807, 2.05) is 10.6 Å². The lowest BCUT2D eigenvalue weighted by atomic mass is 10.1. The molecule has 0 saturated carbocycles. The molecule has 2 aliphatic rings. The first-order chi connectivity index (χ1) is 9.69. The van der Waals surface area contributed by atoms with Crippen LogP contribution >= 0.6 is 0 Å². The molecule has 3 rings (SSSR count). The summed E-state index contributed by atoms with van der Waals surface area (Å²) in [6.45, 7) is 0.524. The van der Waals surface area contributed by atoms with Crippen LogP contribution in [0.3, 0.4) is 0 Å². The number of nitrogens with one attached hydrogen (secondary N) is 1. The minimum Gasteiger partial charge on any atom is -0.363 e.